The molecule has 0 aliphatic heterocycles. The van der Waals surface area contributed by atoms with Crippen molar-refractivity contribution in [1.82, 2.24) is 39.9 Å². The molecule has 0 fully saturated rings. The van der Waals surface area contributed by atoms with E-state index in [1.807, 2.05) is 0 Å². The zero-order chi connectivity index (χ0) is 52.3. The van der Waals surface area contributed by atoms with Gasteiger partial charge in [-0.2, -0.15) is 61.5 Å². The van der Waals surface area contributed by atoms with Gasteiger partial charge in [0.1, 0.15) is 20.1 Å². The highest BCUT2D eigenvalue weighted by atomic mass is 32.2. The molecule has 6 heterocycles. The molecule has 0 aliphatic rings. The third-order valence-corrected chi connectivity index (χ3v) is 15.4. The molecule has 0 unspecified atom stereocenters. The van der Waals surface area contributed by atoms with Crippen LogP contribution in [-0.4, -0.2) is 64.1 Å². The first kappa shape index (κ1) is 49.6. The normalized spacial score (nSPS) is 13.5. The molecule has 0 radical (unpaired) electrons. The quantitative estimate of drug-likeness (QED) is 0.0661. The van der Waals surface area contributed by atoms with Crippen LogP contribution in [0.15, 0.2) is 162 Å². The van der Waals surface area contributed by atoms with E-state index in [-0.39, 0.29) is 82.8 Å². The van der Waals surface area contributed by atoms with Crippen LogP contribution in [0.25, 0.3) is 65.2 Å². The van der Waals surface area contributed by atoms with Gasteiger partial charge in [-0.3, -0.25) is 0 Å². The van der Waals surface area contributed by atoms with Crippen molar-refractivity contribution in [3.8, 4) is 0 Å². The molecule has 0 spiro atoms. The highest BCUT2D eigenvalue weighted by Crippen LogP contribution is 2.57. The van der Waals surface area contributed by atoms with Gasteiger partial charge in [0, 0.05) is 65.9 Å². The summed E-state index contributed by atoms with van der Waals surface area (Å²) in [5, 5.41) is 1.35. The summed E-state index contributed by atoms with van der Waals surface area (Å²) >= 11 is 3.02. The summed E-state index contributed by atoms with van der Waals surface area (Å²) in [5.74, 6) is -29.9. The van der Waals surface area contributed by atoms with Crippen LogP contribution in [0.3, 0.4) is 0 Å². The maximum Gasteiger partial charge on any atom is 0.460 e. The Morgan fingerprint density at radius 3 is 0.757 bits per heavy atom. The van der Waals surface area contributed by atoms with Crippen LogP contribution in [0, 0.1) is 0 Å². The summed E-state index contributed by atoms with van der Waals surface area (Å²) in [6.07, 6.45) is -8.11. The highest BCUT2D eigenvalue weighted by molar-refractivity contribution is 8.00. The van der Waals surface area contributed by atoms with E-state index in [0.29, 0.717) is 0 Å². The van der Waals surface area contributed by atoms with Crippen LogP contribution in [0.4, 0.5) is 61.5 Å². The Labute approximate surface area is 420 Å². The molecule has 11 aromatic rings. The first-order chi connectivity index (χ1) is 35.0. The Kier molecular flexibility index (Phi) is 11.7. The zero-order valence-electron chi connectivity index (χ0n) is 36.0. The molecule has 0 aliphatic carbocycles. The van der Waals surface area contributed by atoms with Gasteiger partial charge in [-0.05, 0) is 94.3 Å². The van der Waals surface area contributed by atoms with Crippen LogP contribution in [0.5, 0.6) is 0 Å². The average Bonchev–Trinajstić information content (AvgIpc) is 3.38. The van der Waals surface area contributed by atoms with Crippen molar-refractivity contribution in [2.24, 2.45) is 0 Å². The second kappa shape index (κ2) is 17.5. The van der Waals surface area contributed by atoms with E-state index in [1.54, 1.807) is 24.3 Å². The Hall–Kier alpha value is -6.64. The van der Waals surface area contributed by atoms with Crippen molar-refractivity contribution in [3.05, 3.63) is 133 Å². The number of hydrogen-bond acceptors (Lipinski definition) is 12. The summed E-state index contributed by atoms with van der Waals surface area (Å²) in [5.41, 5.74) is -2.06. The van der Waals surface area contributed by atoms with Crippen LogP contribution in [0.1, 0.15) is 11.6 Å². The number of pyridine rings is 4. The fourth-order valence-corrected chi connectivity index (χ4v) is 11.8. The van der Waals surface area contributed by atoms with Gasteiger partial charge in [-0.1, -0.05) is 71.3 Å². The lowest BCUT2D eigenvalue weighted by molar-refractivity contribution is -0.361. The summed E-state index contributed by atoms with van der Waals surface area (Å²) in [6.45, 7) is 0. The van der Waals surface area contributed by atoms with E-state index in [2.05, 4.69) is 39.9 Å². The maximum absolute atomic E-state index is 16.0. The number of benzene rings is 5. The molecule has 11 rings (SSSR count). The van der Waals surface area contributed by atoms with Crippen LogP contribution >= 0.6 is 47.0 Å². The first-order valence-electron chi connectivity index (χ1n) is 21.0. The molecular formula is C48H20F14N8S4. The van der Waals surface area contributed by atoms with E-state index in [1.165, 1.54) is 97.6 Å². The molecule has 8 nitrogen and oxygen atoms in total. The summed E-state index contributed by atoms with van der Waals surface area (Å²) in [4.78, 5) is 32.0. The van der Waals surface area contributed by atoms with E-state index >= 15 is 35.1 Å². The Morgan fingerprint density at radius 2 is 0.554 bits per heavy atom. The zero-order valence-corrected chi connectivity index (χ0v) is 39.3. The van der Waals surface area contributed by atoms with Crippen LogP contribution in [0.2, 0.25) is 0 Å². The molecule has 5 aromatic carbocycles. The van der Waals surface area contributed by atoms with E-state index < -0.39 is 69.8 Å². The van der Waals surface area contributed by atoms with Gasteiger partial charge in [-0.25, -0.2) is 39.9 Å². The van der Waals surface area contributed by atoms with Gasteiger partial charge in [0.05, 0.1) is 22.1 Å². The van der Waals surface area contributed by atoms with Crippen molar-refractivity contribution in [2.45, 2.75) is 75.7 Å². The number of halogens is 14. The Balaban J connectivity index is 1.36. The van der Waals surface area contributed by atoms with E-state index in [4.69, 9.17) is 0 Å². The minimum Gasteiger partial charge on any atom is -0.250 e. The first-order valence-corrected chi connectivity index (χ1v) is 24.2. The standard InChI is InChI=1S/C48H20F14N8S4/c49-43(50,45(53,54)47(57,58)59)41-67-37-25(71-29-9-1-5-13-63-29)17-21-22-18-27(73-31-11-3-7-15-65-31)39-36-34(22)24(23-19-26(38(68-41)35(37)33(21)23)72-30-10-2-6-14-64-30)20-28(74-32-12-4-8-16-66-32)40(36)70-42(69-39)44(51,52)46(55,56)48(60,61)62/h1-20H. The molecule has 0 bridgehead atoms. The minimum atomic E-state index is -6.78. The molecular weight excluding hydrogens is 1080 g/mol. The van der Waals surface area contributed by atoms with Gasteiger partial charge >= 0.3 is 36.0 Å². The molecule has 0 amide bonds. The van der Waals surface area contributed by atoms with Crippen LogP contribution in [-0.2, 0) is 11.8 Å². The maximum atomic E-state index is 16.0. The van der Waals surface area contributed by atoms with E-state index in [9.17, 15) is 26.3 Å². The molecule has 6 aromatic heterocycles. The lowest BCUT2D eigenvalue weighted by Crippen LogP contribution is -2.50. The molecule has 374 valence electrons. The predicted octanol–water partition coefficient (Wildman–Crippen LogP) is 15.8. The number of rotatable bonds is 12. The lowest BCUT2D eigenvalue weighted by Gasteiger charge is -2.28. The minimum absolute atomic E-state index is 0.120. The number of alkyl halides is 14. The van der Waals surface area contributed by atoms with Gasteiger partial charge in [-0.15, -0.1) is 0 Å². The summed E-state index contributed by atoms with van der Waals surface area (Å²) in [7, 11) is 0. The third-order valence-electron chi connectivity index (χ3n) is 11.5. The molecule has 0 saturated carbocycles. The fraction of sp³-hybridized carbons (Fsp3) is 0.125. The molecule has 0 atom stereocenters. The monoisotopic (exact) mass is 1100 g/mol. The third kappa shape index (κ3) is 7.88. The molecule has 0 saturated heterocycles. The Bertz CT molecular complexity index is 3490. The Morgan fingerprint density at radius 1 is 0.311 bits per heavy atom. The largest absolute Gasteiger partial charge is 0.460 e. The topological polar surface area (TPSA) is 103 Å². The average molecular weight is 1100 g/mol. The van der Waals surface area contributed by atoms with Crippen molar-refractivity contribution in [2.75, 3.05) is 0 Å². The number of nitrogens with zero attached hydrogens (tertiary/aromatic N) is 8. The van der Waals surface area contributed by atoms with Gasteiger partial charge < -0.3 is 0 Å². The van der Waals surface area contributed by atoms with Gasteiger partial charge in [0.15, 0.2) is 0 Å². The van der Waals surface area contributed by atoms with Gasteiger partial charge in [0.2, 0.25) is 11.6 Å². The second-order valence-corrected chi connectivity index (χ2v) is 20.3. The van der Waals surface area contributed by atoms with Crippen molar-refractivity contribution in [3.63, 3.8) is 0 Å². The smallest absolute Gasteiger partial charge is 0.250 e. The lowest BCUT2D eigenvalue weighted by atomic mass is 9.88. The van der Waals surface area contributed by atoms with Crippen LogP contribution < -0.4 is 0 Å². The van der Waals surface area contributed by atoms with Crippen molar-refractivity contribution >= 4 is 112 Å². The van der Waals surface area contributed by atoms with Gasteiger partial charge in [0.25, 0.3) is 0 Å². The van der Waals surface area contributed by atoms with Crippen molar-refractivity contribution in [1.29, 1.82) is 0 Å². The summed E-state index contributed by atoms with van der Waals surface area (Å²) < 4.78 is 207. The number of hydrogen-bond donors (Lipinski definition) is 0. The SMILES string of the molecule is FC(F)(F)C(F)(F)C(F)(F)c1nc2c(Sc3ccccn3)cc3c4cc(Sc5ccccn5)c5nc(C(F)(F)C(F)(F)C(F)(F)F)nc6c(Sc7ccccn7)cc(c7cc(Sc8ccccn8)c(n1)c2c37)c4c56. The van der Waals surface area contributed by atoms with E-state index in [0.717, 1.165) is 47.0 Å². The predicted molar refractivity (Wildman–Crippen MR) is 248 cm³/mol. The molecule has 74 heavy (non-hydrogen) atoms. The fourth-order valence-electron chi connectivity index (χ4n) is 8.18. The molecule has 0 N–H and O–H groups in total. The molecule has 26 heteroatoms. The number of aromatic nitrogens is 8. The second-order valence-electron chi connectivity index (χ2n) is 16.1. The number of fused-ring (bicyclic) bond motifs is 2. The highest BCUT2D eigenvalue weighted by Gasteiger charge is 2.76. The van der Waals surface area contributed by atoms with Crippen molar-refractivity contribution < 1.29 is 61.5 Å². The summed E-state index contributed by atoms with van der Waals surface area (Å²) in [6, 6.07) is 23.8.